The standard InChI is InChI=1S/C15H17F2N3O/c16-15(17)8-6-11(7-9-15)14-19-18-13(10-21)20(14)12-4-2-1-3-5-12/h1-5,11,21H,6-10H2. The fourth-order valence-electron chi connectivity index (χ4n) is 2.85. The van der Waals surface area contributed by atoms with Gasteiger partial charge in [-0.05, 0) is 25.0 Å². The molecule has 1 aliphatic carbocycles. The lowest BCUT2D eigenvalue weighted by atomic mass is 9.86. The highest BCUT2D eigenvalue weighted by Crippen LogP contribution is 2.40. The summed E-state index contributed by atoms with van der Waals surface area (Å²) in [5.41, 5.74) is 0.846. The Hall–Kier alpha value is -1.82. The smallest absolute Gasteiger partial charge is 0.248 e. The highest BCUT2D eigenvalue weighted by atomic mass is 19.3. The zero-order chi connectivity index (χ0) is 14.9. The largest absolute Gasteiger partial charge is 0.388 e. The lowest BCUT2D eigenvalue weighted by Gasteiger charge is -2.28. The number of halogens is 2. The summed E-state index contributed by atoms with van der Waals surface area (Å²) >= 11 is 0. The molecule has 0 amide bonds. The average Bonchev–Trinajstić information content (AvgIpc) is 2.92. The molecule has 0 bridgehead atoms. The summed E-state index contributed by atoms with van der Waals surface area (Å²) in [4.78, 5) is 0. The number of nitrogens with zero attached hydrogens (tertiary/aromatic N) is 3. The number of para-hydroxylation sites is 1. The maximum absolute atomic E-state index is 13.3. The van der Waals surface area contributed by atoms with Crippen LogP contribution in [0.25, 0.3) is 5.69 Å². The summed E-state index contributed by atoms with van der Waals surface area (Å²) in [5, 5.41) is 17.6. The molecule has 1 aromatic carbocycles. The molecule has 0 spiro atoms. The van der Waals surface area contributed by atoms with Crippen LogP contribution in [0.15, 0.2) is 30.3 Å². The van der Waals surface area contributed by atoms with E-state index in [4.69, 9.17) is 0 Å². The lowest BCUT2D eigenvalue weighted by molar-refractivity contribution is -0.0389. The minimum Gasteiger partial charge on any atom is -0.388 e. The summed E-state index contributed by atoms with van der Waals surface area (Å²) < 4.78 is 28.4. The molecule has 0 aliphatic heterocycles. The maximum Gasteiger partial charge on any atom is 0.248 e. The van der Waals surface area contributed by atoms with Crippen molar-refractivity contribution < 1.29 is 13.9 Å². The highest BCUT2D eigenvalue weighted by molar-refractivity contribution is 5.34. The van der Waals surface area contributed by atoms with Gasteiger partial charge in [0.15, 0.2) is 5.82 Å². The third-order valence-electron chi connectivity index (χ3n) is 3.99. The van der Waals surface area contributed by atoms with Gasteiger partial charge in [0, 0.05) is 24.4 Å². The van der Waals surface area contributed by atoms with Crippen LogP contribution in [-0.2, 0) is 6.61 Å². The van der Waals surface area contributed by atoms with E-state index in [1.54, 1.807) is 4.57 Å². The Morgan fingerprint density at radius 1 is 1.14 bits per heavy atom. The summed E-state index contributed by atoms with van der Waals surface area (Å²) in [6, 6.07) is 9.45. The number of hydrogen-bond acceptors (Lipinski definition) is 3. The van der Waals surface area contributed by atoms with Crippen molar-refractivity contribution in [3.05, 3.63) is 42.0 Å². The molecule has 0 radical (unpaired) electrons. The van der Waals surface area contributed by atoms with Crippen LogP contribution in [-0.4, -0.2) is 25.8 Å². The molecular formula is C15H17F2N3O. The van der Waals surface area contributed by atoms with Gasteiger partial charge in [-0.3, -0.25) is 4.57 Å². The third kappa shape index (κ3) is 2.81. The molecular weight excluding hydrogens is 276 g/mol. The normalized spacial score (nSPS) is 18.8. The van der Waals surface area contributed by atoms with Crippen LogP contribution in [0.3, 0.4) is 0 Å². The summed E-state index contributed by atoms with van der Waals surface area (Å²) in [5.74, 6) is -1.50. The Labute approximate surface area is 121 Å². The van der Waals surface area contributed by atoms with Crippen LogP contribution >= 0.6 is 0 Å². The van der Waals surface area contributed by atoms with Crippen molar-refractivity contribution in [3.63, 3.8) is 0 Å². The first kappa shape index (κ1) is 14.1. The Balaban J connectivity index is 1.95. The Kier molecular flexibility index (Phi) is 3.71. The maximum atomic E-state index is 13.3. The molecule has 6 heteroatoms. The van der Waals surface area contributed by atoms with Crippen LogP contribution in [0.2, 0.25) is 0 Å². The van der Waals surface area contributed by atoms with Crippen LogP contribution in [0.4, 0.5) is 8.78 Å². The van der Waals surface area contributed by atoms with Gasteiger partial charge in [0.1, 0.15) is 12.4 Å². The predicted molar refractivity (Wildman–Crippen MR) is 73.4 cm³/mol. The molecule has 0 atom stereocenters. The Morgan fingerprint density at radius 2 is 1.81 bits per heavy atom. The number of aliphatic hydroxyl groups excluding tert-OH is 1. The van der Waals surface area contributed by atoms with Crippen molar-refractivity contribution in [1.82, 2.24) is 14.8 Å². The van der Waals surface area contributed by atoms with E-state index in [1.165, 1.54) is 0 Å². The molecule has 1 saturated carbocycles. The van der Waals surface area contributed by atoms with Crippen molar-refractivity contribution in [2.24, 2.45) is 0 Å². The molecule has 2 aromatic rings. The Bertz CT molecular complexity index is 603. The zero-order valence-electron chi connectivity index (χ0n) is 11.5. The first-order valence-corrected chi connectivity index (χ1v) is 7.09. The molecule has 0 unspecified atom stereocenters. The van der Waals surface area contributed by atoms with Crippen LogP contribution in [0, 0.1) is 0 Å². The quantitative estimate of drug-likeness (QED) is 0.946. The number of hydrogen-bond donors (Lipinski definition) is 1. The monoisotopic (exact) mass is 293 g/mol. The van der Waals surface area contributed by atoms with Crippen LogP contribution in [0.5, 0.6) is 0 Å². The van der Waals surface area contributed by atoms with Crippen molar-refractivity contribution >= 4 is 0 Å². The van der Waals surface area contributed by atoms with E-state index in [-0.39, 0.29) is 25.4 Å². The third-order valence-corrected chi connectivity index (χ3v) is 3.99. The van der Waals surface area contributed by atoms with Gasteiger partial charge in [0.25, 0.3) is 0 Å². The fourth-order valence-corrected chi connectivity index (χ4v) is 2.85. The second kappa shape index (κ2) is 5.52. The Morgan fingerprint density at radius 3 is 2.43 bits per heavy atom. The molecule has 0 saturated heterocycles. The van der Waals surface area contributed by atoms with Gasteiger partial charge in [0.2, 0.25) is 5.92 Å². The van der Waals surface area contributed by atoms with Crippen molar-refractivity contribution in [3.8, 4) is 5.69 Å². The number of rotatable bonds is 3. The molecule has 3 rings (SSSR count). The van der Waals surface area contributed by atoms with Gasteiger partial charge in [-0.15, -0.1) is 10.2 Å². The van der Waals surface area contributed by atoms with E-state index in [0.717, 1.165) is 5.69 Å². The topological polar surface area (TPSA) is 50.9 Å². The van der Waals surface area contributed by atoms with E-state index in [0.29, 0.717) is 24.5 Å². The van der Waals surface area contributed by atoms with Gasteiger partial charge in [0.05, 0.1) is 0 Å². The van der Waals surface area contributed by atoms with E-state index in [2.05, 4.69) is 10.2 Å². The number of aliphatic hydroxyl groups is 1. The van der Waals surface area contributed by atoms with Crippen LogP contribution < -0.4 is 0 Å². The van der Waals surface area contributed by atoms with E-state index in [9.17, 15) is 13.9 Å². The summed E-state index contributed by atoms with van der Waals surface area (Å²) in [7, 11) is 0. The van der Waals surface area contributed by atoms with E-state index < -0.39 is 5.92 Å². The molecule has 1 aromatic heterocycles. The first-order valence-electron chi connectivity index (χ1n) is 7.09. The van der Waals surface area contributed by atoms with Gasteiger partial charge in [-0.2, -0.15) is 0 Å². The average molecular weight is 293 g/mol. The van der Waals surface area contributed by atoms with Crippen molar-refractivity contribution in [1.29, 1.82) is 0 Å². The summed E-state index contributed by atoms with van der Waals surface area (Å²) in [6.07, 6.45) is 0.550. The highest BCUT2D eigenvalue weighted by Gasteiger charge is 2.37. The van der Waals surface area contributed by atoms with Gasteiger partial charge >= 0.3 is 0 Å². The summed E-state index contributed by atoms with van der Waals surface area (Å²) in [6.45, 7) is -0.231. The van der Waals surface area contributed by atoms with Crippen LogP contribution in [0.1, 0.15) is 43.3 Å². The zero-order valence-corrected chi connectivity index (χ0v) is 11.5. The second-order valence-corrected chi connectivity index (χ2v) is 5.43. The van der Waals surface area contributed by atoms with Gasteiger partial charge < -0.3 is 5.11 Å². The SMILES string of the molecule is OCc1nnc(C2CCC(F)(F)CC2)n1-c1ccccc1. The minimum atomic E-state index is -2.56. The minimum absolute atomic E-state index is 0.0439. The van der Waals surface area contributed by atoms with E-state index >= 15 is 0 Å². The number of benzene rings is 1. The van der Waals surface area contributed by atoms with Gasteiger partial charge in [-0.1, -0.05) is 18.2 Å². The number of aromatic nitrogens is 3. The second-order valence-electron chi connectivity index (χ2n) is 5.43. The number of alkyl halides is 2. The van der Waals surface area contributed by atoms with Crippen molar-refractivity contribution in [2.45, 2.75) is 44.1 Å². The predicted octanol–water partition coefficient (Wildman–Crippen LogP) is 3.05. The lowest BCUT2D eigenvalue weighted by Crippen LogP contribution is -2.25. The molecule has 4 nitrogen and oxygen atoms in total. The molecule has 1 heterocycles. The molecule has 21 heavy (non-hydrogen) atoms. The fraction of sp³-hybridized carbons (Fsp3) is 0.467. The molecule has 112 valence electrons. The molecule has 1 fully saturated rings. The van der Waals surface area contributed by atoms with Gasteiger partial charge in [-0.25, -0.2) is 8.78 Å². The van der Waals surface area contributed by atoms with Crippen molar-refractivity contribution in [2.75, 3.05) is 0 Å². The first-order chi connectivity index (χ1) is 10.1. The van der Waals surface area contributed by atoms with E-state index in [1.807, 2.05) is 30.3 Å². The molecule has 1 aliphatic rings. The molecule has 1 N–H and O–H groups in total.